The van der Waals surface area contributed by atoms with Gasteiger partial charge in [0.1, 0.15) is 0 Å². The molecule has 0 atom stereocenters. The molecule has 0 bridgehead atoms. The van der Waals surface area contributed by atoms with Crippen molar-refractivity contribution in [3.05, 3.63) is 23.9 Å². The summed E-state index contributed by atoms with van der Waals surface area (Å²) in [5.41, 5.74) is 0.913. The first-order chi connectivity index (χ1) is 6.88. The van der Waals surface area contributed by atoms with E-state index in [1.165, 1.54) is 19.3 Å². The van der Waals surface area contributed by atoms with Gasteiger partial charge in [0.25, 0.3) is 0 Å². The van der Waals surface area contributed by atoms with Crippen LogP contribution >= 0.6 is 0 Å². The molecular weight excluding hydrogens is 174 g/mol. The van der Waals surface area contributed by atoms with Crippen LogP contribution in [-0.4, -0.2) is 12.3 Å². The van der Waals surface area contributed by atoms with Crippen LogP contribution in [0.15, 0.2) is 23.9 Å². The Morgan fingerprint density at radius 3 is 2.71 bits per heavy atom. The predicted octanol–water partition coefficient (Wildman–Crippen LogP) is 2.18. The Morgan fingerprint density at radius 2 is 2.07 bits per heavy atom. The second-order valence-corrected chi connectivity index (χ2v) is 4.10. The molecule has 2 rings (SSSR count). The van der Waals surface area contributed by atoms with Gasteiger partial charge < -0.3 is 5.32 Å². The molecule has 2 nitrogen and oxygen atoms in total. The lowest BCUT2D eigenvalue weighted by Gasteiger charge is -2.21. The molecule has 0 spiro atoms. The summed E-state index contributed by atoms with van der Waals surface area (Å²) in [5.74, 6) is 0.667. The maximum atomic E-state index is 12.0. The van der Waals surface area contributed by atoms with E-state index in [0.717, 1.165) is 25.0 Å². The van der Waals surface area contributed by atoms with E-state index in [-0.39, 0.29) is 0 Å². The molecule has 0 aromatic carbocycles. The molecule has 0 amide bonds. The Kier molecular flexibility index (Phi) is 3.02. The molecule has 1 N–H and O–H groups in total. The minimum Gasteiger partial charge on any atom is -0.387 e. The van der Waals surface area contributed by atoms with Crippen molar-refractivity contribution < 1.29 is 4.79 Å². The van der Waals surface area contributed by atoms with Crippen LogP contribution in [0.3, 0.4) is 0 Å². The molecule has 0 aromatic heterocycles. The van der Waals surface area contributed by atoms with Gasteiger partial charge in [-0.25, -0.2) is 0 Å². The first-order valence-corrected chi connectivity index (χ1v) is 5.52. The third kappa shape index (κ3) is 2.06. The molecule has 0 aromatic rings. The molecule has 2 aliphatic rings. The molecule has 1 heterocycles. The number of hydrogen-bond acceptors (Lipinski definition) is 2. The second-order valence-electron chi connectivity index (χ2n) is 4.10. The van der Waals surface area contributed by atoms with Crippen molar-refractivity contribution in [2.24, 2.45) is 5.92 Å². The number of carbonyl (C=O) groups excluding carboxylic acids is 1. The van der Waals surface area contributed by atoms with Gasteiger partial charge in [-0.2, -0.15) is 0 Å². The second kappa shape index (κ2) is 4.45. The maximum absolute atomic E-state index is 12.0. The van der Waals surface area contributed by atoms with Crippen molar-refractivity contribution in [2.75, 3.05) is 6.54 Å². The van der Waals surface area contributed by atoms with E-state index < -0.39 is 0 Å². The standard InChI is InChI=1S/C12H17NO/c14-12(10-4-2-1-3-5-10)11-6-8-13-9-7-11/h6-8,10,13H,1-5,9H2. The molecule has 2 heteroatoms. The van der Waals surface area contributed by atoms with Crippen LogP contribution in [0.2, 0.25) is 0 Å². The summed E-state index contributed by atoms with van der Waals surface area (Å²) < 4.78 is 0. The molecule has 0 radical (unpaired) electrons. The number of ketones is 1. The minimum atomic E-state index is 0.303. The monoisotopic (exact) mass is 191 g/mol. The van der Waals surface area contributed by atoms with Crippen molar-refractivity contribution in [3.63, 3.8) is 0 Å². The van der Waals surface area contributed by atoms with Gasteiger partial charge in [-0.3, -0.25) is 4.79 Å². The van der Waals surface area contributed by atoms with E-state index in [4.69, 9.17) is 0 Å². The van der Waals surface area contributed by atoms with E-state index in [1.54, 1.807) is 0 Å². The zero-order chi connectivity index (χ0) is 9.80. The largest absolute Gasteiger partial charge is 0.387 e. The molecular formula is C12H17NO. The van der Waals surface area contributed by atoms with Crippen molar-refractivity contribution >= 4 is 5.78 Å². The third-order valence-corrected chi connectivity index (χ3v) is 3.08. The van der Waals surface area contributed by atoms with Crippen LogP contribution in [0, 0.1) is 5.92 Å². The van der Waals surface area contributed by atoms with Gasteiger partial charge in [-0.15, -0.1) is 0 Å². The predicted molar refractivity (Wildman–Crippen MR) is 56.8 cm³/mol. The van der Waals surface area contributed by atoms with Crippen molar-refractivity contribution in [3.8, 4) is 0 Å². The van der Waals surface area contributed by atoms with Gasteiger partial charge in [0.2, 0.25) is 0 Å². The highest BCUT2D eigenvalue weighted by atomic mass is 16.1. The van der Waals surface area contributed by atoms with Gasteiger partial charge in [0.05, 0.1) is 0 Å². The summed E-state index contributed by atoms with van der Waals surface area (Å²) in [6.45, 7) is 0.796. The fourth-order valence-corrected chi connectivity index (χ4v) is 2.24. The van der Waals surface area contributed by atoms with Crippen LogP contribution in [0.25, 0.3) is 0 Å². The summed E-state index contributed by atoms with van der Waals surface area (Å²) in [7, 11) is 0. The molecule has 1 saturated carbocycles. The van der Waals surface area contributed by atoms with Crippen molar-refractivity contribution in [1.82, 2.24) is 5.32 Å². The highest BCUT2D eigenvalue weighted by Gasteiger charge is 2.22. The Bertz CT molecular complexity index is 272. The molecule has 0 unspecified atom stereocenters. The van der Waals surface area contributed by atoms with Crippen molar-refractivity contribution in [1.29, 1.82) is 0 Å². The van der Waals surface area contributed by atoms with Gasteiger partial charge >= 0.3 is 0 Å². The fourth-order valence-electron chi connectivity index (χ4n) is 2.24. The van der Waals surface area contributed by atoms with Gasteiger partial charge in [0, 0.05) is 18.0 Å². The summed E-state index contributed by atoms with van der Waals surface area (Å²) in [6, 6.07) is 0. The Labute approximate surface area is 85.1 Å². The van der Waals surface area contributed by atoms with Crippen LogP contribution in [-0.2, 0) is 4.79 Å². The Balaban J connectivity index is 1.99. The lowest BCUT2D eigenvalue weighted by molar-refractivity contribution is -0.119. The molecule has 1 fully saturated rings. The first-order valence-electron chi connectivity index (χ1n) is 5.52. The Hall–Kier alpha value is -1.05. The summed E-state index contributed by atoms with van der Waals surface area (Å²) in [5, 5.41) is 3.06. The van der Waals surface area contributed by atoms with Crippen molar-refractivity contribution in [2.45, 2.75) is 32.1 Å². The van der Waals surface area contributed by atoms with Gasteiger partial charge in [-0.1, -0.05) is 25.3 Å². The number of nitrogens with one attached hydrogen (secondary N) is 1. The fraction of sp³-hybridized carbons (Fsp3) is 0.583. The smallest absolute Gasteiger partial charge is 0.165 e. The summed E-state index contributed by atoms with van der Waals surface area (Å²) in [6.07, 6.45) is 11.7. The van der Waals surface area contributed by atoms with E-state index in [2.05, 4.69) is 5.32 Å². The average Bonchev–Trinajstić information content (AvgIpc) is 2.30. The van der Waals surface area contributed by atoms with E-state index in [9.17, 15) is 4.79 Å². The zero-order valence-corrected chi connectivity index (χ0v) is 8.46. The molecule has 14 heavy (non-hydrogen) atoms. The van der Waals surface area contributed by atoms with Crippen LogP contribution in [0.5, 0.6) is 0 Å². The number of hydrogen-bond donors (Lipinski definition) is 1. The number of carbonyl (C=O) groups is 1. The van der Waals surface area contributed by atoms with Crippen LogP contribution in [0.1, 0.15) is 32.1 Å². The van der Waals surface area contributed by atoms with Crippen LogP contribution < -0.4 is 5.32 Å². The lowest BCUT2D eigenvalue weighted by atomic mass is 9.83. The molecule has 0 saturated heterocycles. The zero-order valence-electron chi connectivity index (χ0n) is 8.46. The first kappa shape index (κ1) is 9.50. The Morgan fingerprint density at radius 1 is 1.29 bits per heavy atom. The number of Topliss-reactive ketones (excluding diaryl/α,β-unsaturated/α-hetero) is 1. The normalized spacial score (nSPS) is 22.7. The SMILES string of the molecule is O=C(C1=CCNC=C1)C1CCCCC1. The topological polar surface area (TPSA) is 29.1 Å². The highest BCUT2D eigenvalue weighted by molar-refractivity contribution is 5.99. The van der Waals surface area contributed by atoms with Gasteiger partial charge in [0.15, 0.2) is 5.78 Å². The van der Waals surface area contributed by atoms with E-state index in [1.807, 2.05) is 18.4 Å². The molecule has 76 valence electrons. The molecule has 1 aliphatic heterocycles. The number of dihydropyridines is 1. The summed E-state index contributed by atoms with van der Waals surface area (Å²) >= 11 is 0. The van der Waals surface area contributed by atoms with E-state index >= 15 is 0 Å². The molecule has 1 aliphatic carbocycles. The van der Waals surface area contributed by atoms with Gasteiger partial charge in [-0.05, 0) is 25.1 Å². The highest BCUT2D eigenvalue weighted by Crippen LogP contribution is 2.27. The third-order valence-electron chi connectivity index (χ3n) is 3.08. The van der Waals surface area contributed by atoms with Crippen LogP contribution in [0.4, 0.5) is 0 Å². The van der Waals surface area contributed by atoms with E-state index in [0.29, 0.717) is 11.7 Å². The minimum absolute atomic E-state index is 0.303. The lowest BCUT2D eigenvalue weighted by Crippen LogP contribution is -2.21. The summed E-state index contributed by atoms with van der Waals surface area (Å²) in [4.78, 5) is 12.0. The maximum Gasteiger partial charge on any atom is 0.165 e. The number of allylic oxidation sites excluding steroid dienone is 2. The average molecular weight is 191 g/mol. The quantitative estimate of drug-likeness (QED) is 0.724. The number of rotatable bonds is 2.